The van der Waals surface area contributed by atoms with Gasteiger partial charge in [0.15, 0.2) is 0 Å². The van der Waals surface area contributed by atoms with Crippen molar-refractivity contribution < 1.29 is 0 Å². The molecule has 26 heavy (non-hydrogen) atoms. The molecule has 1 aliphatic rings. The summed E-state index contributed by atoms with van der Waals surface area (Å²) < 4.78 is 0. The van der Waals surface area contributed by atoms with Crippen LogP contribution >= 0.6 is 11.6 Å². The van der Waals surface area contributed by atoms with Crippen molar-refractivity contribution >= 4 is 28.6 Å². The van der Waals surface area contributed by atoms with E-state index < -0.39 is 0 Å². The SMILES string of the molecule is Clc1ccc(CN2CCN(/N=C\c3cccc4ccccc34)CC2)cc1. The summed E-state index contributed by atoms with van der Waals surface area (Å²) in [5.41, 5.74) is 2.48. The fourth-order valence-corrected chi connectivity index (χ4v) is 3.49. The van der Waals surface area contributed by atoms with Gasteiger partial charge in [0.1, 0.15) is 0 Å². The number of piperazine rings is 1. The monoisotopic (exact) mass is 363 g/mol. The van der Waals surface area contributed by atoms with Crippen LogP contribution in [-0.2, 0) is 6.54 Å². The normalized spacial score (nSPS) is 15.8. The zero-order chi connectivity index (χ0) is 17.8. The number of benzene rings is 3. The number of nitrogens with zero attached hydrogens (tertiary/aromatic N) is 3. The molecule has 0 aromatic heterocycles. The van der Waals surface area contributed by atoms with Gasteiger partial charge in [0, 0.05) is 43.3 Å². The van der Waals surface area contributed by atoms with Crippen LogP contribution in [0.3, 0.4) is 0 Å². The van der Waals surface area contributed by atoms with Gasteiger partial charge >= 0.3 is 0 Å². The number of rotatable bonds is 4. The molecule has 0 unspecified atom stereocenters. The molecule has 1 heterocycles. The summed E-state index contributed by atoms with van der Waals surface area (Å²) in [7, 11) is 0. The fraction of sp³-hybridized carbons (Fsp3) is 0.227. The predicted octanol–water partition coefficient (Wildman–Crippen LogP) is 4.64. The van der Waals surface area contributed by atoms with E-state index in [9.17, 15) is 0 Å². The smallest absolute Gasteiger partial charge is 0.0549 e. The van der Waals surface area contributed by atoms with E-state index in [1.54, 1.807) is 0 Å². The van der Waals surface area contributed by atoms with Crippen LogP contribution in [0.1, 0.15) is 11.1 Å². The van der Waals surface area contributed by atoms with Crippen molar-refractivity contribution in [2.75, 3.05) is 26.2 Å². The van der Waals surface area contributed by atoms with Gasteiger partial charge in [-0.25, -0.2) is 0 Å². The first kappa shape index (κ1) is 17.1. The van der Waals surface area contributed by atoms with Crippen molar-refractivity contribution in [3.8, 4) is 0 Å². The zero-order valence-corrected chi connectivity index (χ0v) is 15.4. The highest BCUT2D eigenvalue weighted by atomic mass is 35.5. The molecule has 0 saturated carbocycles. The van der Waals surface area contributed by atoms with Crippen molar-refractivity contribution in [3.05, 3.63) is 82.9 Å². The minimum atomic E-state index is 0.793. The van der Waals surface area contributed by atoms with Gasteiger partial charge in [-0.05, 0) is 28.5 Å². The van der Waals surface area contributed by atoms with Gasteiger partial charge in [0.25, 0.3) is 0 Å². The van der Waals surface area contributed by atoms with Crippen LogP contribution in [-0.4, -0.2) is 42.3 Å². The van der Waals surface area contributed by atoms with Gasteiger partial charge in [-0.15, -0.1) is 0 Å². The summed E-state index contributed by atoms with van der Waals surface area (Å²) in [6.07, 6.45) is 2.00. The fourth-order valence-electron chi connectivity index (χ4n) is 3.37. The van der Waals surface area contributed by atoms with E-state index in [4.69, 9.17) is 16.7 Å². The lowest BCUT2D eigenvalue weighted by molar-refractivity contribution is 0.131. The second kappa shape index (κ2) is 7.90. The van der Waals surface area contributed by atoms with Crippen LogP contribution in [0.4, 0.5) is 0 Å². The number of hydrogen-bond acceptors (Lipinski definition) is 3. The lowest BCUT2D eigenvalue weighted by atomic mass is 10.1. The number of halogens is 1. The Labute approximate surface area is 159 Å². The highest BCUT2D eigenvalue weighted by Crippen LogP contribution is 2.17. The van der Waals surface area contributed by atoms with Crippen molar-refractivity contribution in [2.24, 2.45) is 5.10 Å². The summed E-state index contributed by atoms with van der Waals surface area (Å²) in [6, 6.07) is 22.9. The Morgan fingerprint density at radius 1 is 0.846 bits per heavy atom. The van der Waals surface area contributed by atoms with Crippen molar-refractivity contribution in [1.29, 1.82) is 0 Å². The van der Waals surface area contributed by atoms with Gasteiger partial charge in [0.2, 0.25) is 0 Å². The van der Waals surface area contributed by atoms with E-state index in [0.29, 0.717) is 0 Å². The maximum atomic E-state index is 5.96. The Bertz CT molecular complexity index is 891. The molecule has 0 N–H and O–H groups in total. The van der Waals surface area contributed by atoms with Gasteiger partial charge < -0.3 is 0 Å². The summed E-state index contributed by atoms with van der Waals surface area (Å²) in [4.78, 5) is 2.47. The lowest BCUT2D eigenvalue weighted by Gasteiger charge is -2.33. The van der Waals surface area contributed by atoms with E-state index >= 15 is 0 Å². The summed E-state index contributed by atoms with van der Waals surface area (Å²) in [6.45, 7) is 4.92. The molecule has 3 aromatic carbocycles. The average Bonchev–Trinajstić information content (AvgIpc) is 2.69. The standard InChI is InChI=1S/C22H22ClN3/c23-21-10-8-18(9-11-21)17-25-12-14-26(15-13-25)24-16-20-6-3-5-19-4-1-2-7-22(19)20/h1-11,16H,12-15,17H2/b24-16-. The third-order valence-corrected chi connectivity index (χ3v) is 5.10. The van der Waals surface area contributed by atoms with E-state index in [2.05, 4.69) is 64.5 Å². The molecule has 4 rings (SSSR count). The highest BCUT2D eigenvalue weighted by Gasteiger charge is 2.15. The largest absolute Gasteiger partial charge is 0.295 e. The first-order valence-corrected chi connectivity index (χ1v) is 9.39. The molecule has 0 radical (unpaired) electrons. The van der Waals surface area contributed by atoms with Gasteiger partial charge in [-0.3, -0.25) is 9.91 Å². The Kier molecular flexibility index (Phi) is 5.19. The summed E-state index contributed by atoms with van der Waals surface area (Å²) >= 11 is 5.96. The molecule has 0 atom stereocenters. The second-order valence-corrected chi connectivity index (χ2v) is 7.11. The molecule has 0 amide bonds. The molecule has 3 nitrogen and oxygen atoms in total. The molecule has 0 bridgehead atoms. The van der Waals surface area contributed by atoms with E-state index in [0.717, 1.165) is 37.7 Å². The summed E-state index contributed by atoms with van der Waals surface area (Å²) in [5, 5.41) is 10.2. The molecule has 1 saturated heterocycles. The Hall–Kier alpha value is -2.36. The zero-order valence-electron chi connectivity index (χ0n) is 14.7. The molecule has 132 valence electrons. The molecular formula is C22H22ClN3. The third kappa shape index (κ3) is 4.06. The van der Waals surface area contributed by atoms with Crippen LogP contribution in [0, 0.1) is 0 Å². The Balaban J connectivity index is 1.36. The average molecular weight is 364 g/mol. The van der Waals surface area contributed by atoms with Gasteiger partial charge in [0.05, 0.1) is 6.21 Å². The minimum Gasteiger partial charge on any atom is -0.295 e. The predicted molar refractivity (Wildman–Crippen MR) is 110 cm³/mol. The molecule has 1 fully saturated rings. The van der Waals surface area contributed by atoms with Crippen molar-refractivity contribution in [3.63, 3.8) is 0 Å². The number of fused-ring (bicyclic) bond motifs is 1. The highest BCUT2D eigenvalue weighted by molar-refractivity contribution is 6.30. The molecule has 4 heteroatoms. The van der Waals surface area contributed by atoms with Crippen molar-refractivity contribution in [2.45, 2.75) is 6.54 Å². The number of hydrazone groups is 1. The van der Waals surface area contributed by atoms with Crippen LogP contribution in [0.25, 0.3) is 10.8 Å². The van der Waals surface area contributed by atoms with Gasteiger partial charge in [-0.1, -0.05) is 66.2 Å². The van der Waals surface area contributed by atoms with E-state index in [1.165, 1.54) is 21.9 Å². The third-order valence-electron chi connectivity index (χ3n) is 4.85. The van der Waals surface area contributed by atoms with E-state index in [1.807, 2.05) is 18.3 Å². The summed E-state index contributed by atoms with van der Waals surface area (Å²) in [5.74, 6) is 0. The van der Waals surface area contributed by atoms with Crippen LogP contribution in [0.5, 0.6) is 0 Å². The Morgan fingerprint density at radius 3 is 2.38 bits per heavy atom. The molecule has 1 aliphatic heterocycles. The molecule has 3 aromatic rings. The van der Waals surface area contributed by atoms with Gasteiger partial charge in [-0.2, -0.15) is 5.10 Å². The topological polar surface area (TPSA) is 18.8 Å². The van der Waals surface area contributed by atoms with Crippen LogP contribution in [0.2, 0.25) is 5.02 Å². The number of hydrogen-bond donors (Lipinski definition) is 0. The molecule has 0 aliphatic carbocycles. The molecular weight excluding hydrogens is 342 g/mol. The molecule has 0 spiro atoms. The maximum Gasteiger partial charge on any atom is 0.0549 e. The van der Waals surface area contributed by atoms with Crippen LogP contribution in [0.15, 0.2) is 71.8 Å². The maximum absolute atomic E-state index is 5.96. The lowest BCUT2D eigenvalue weighted by Crippen LogP contribution is -2.43. The second-order valence-electron chi connectivity index (χ2n) is 6.67. The quantitative estimate of drug-likeness (QED) is 0.628. The minimum absolute atomic E-state index is 0.793. The van der Waals surface area contributed by atoms with E-state index in [-0.39, 0.29) is 0 Å². The van der Waals surface area contributed by atoms with Crippen LogP contribution < -0.4 is 0 Å². The first-order chi connectivity index (χ1) is 12.8. The Morgan fingerprint density at radius 2 is 1.58 bits per heavy atom. The first-order valence-electron chi connectivity index (χ1n) is 9.01. The van der Waals surface area contributed by atoms with Crippen molar-refractivity contribution in [1.82, 2.24) is 9.91 Å².